The van der Waals surface area contributed by atoms with Gasteiger partial charge in [-0.2, -0.15) is 0 Å². The highest BCUT2D eigenvalue weighted by atomic mass is 16.6. The number of hydrogen-bond donors (Lipinski definition) is 1. The summed E-state index contributed by atoms with van der Waals surface area (Å²) in [5.41, 5.74) is -0.845. The molecule has 0 saturated carbocycles. The molecule has 0 atom stereocenters. The van der Waals surface area contributed by atoms with Crippen LogP contribution in [-0.2, 0) is 11.8 Å². The molecule has 20 heavy (non-hydrogen) atoms. The average Bonchev–Trinajstić information content (AvgIpc) is 2.66. The quantitative estimate of drug-likeness (QED) is 0.661. The second-order valence-electron chi connectivity index (χ2n) is 5.41. The molecule has 0 spiro atoms. The number of aliphatic carboxylic acids is 1. The summed E-state index contributed by atoms with van der Waals surface area (Å²) in [6.45, 7) is 4.63. The number of carbonyl (C=O) groups excluding carboxylic acids is 1. The fourth-order valence-electron chi connectivity index (χ4n) is 1.75. The van der Waals surface area contributed by atoms with Crippen LogP contribution < -0.4 is 0 Å². The summed E-state index contributed by atoms with van der Waals surface area (Å²) in [6, 6.07) is 1.14. The number of aryl methyl sites for hydroxylation is 1. The molecule has 0 aliphatic rings. The van der Waals surface area contributed by atoms with Crippen LogP contribution in [0.1, 0.15) is 31.3 Å². The van der Waals surface area contributed by atoms with Crippen LogP contribution >= 0.6 is 0 Å². The Balaban J connectivity index is 3.19. The van der Waals surface area contributed by atoms with Crippen LogP contribution in [-0.4, -0.2) is 43.5 Å². The highest BCUT2D eigenvalue weighted by Gasteiger charge is 2.31. The van der Waals surface area contributed by atoms with Crippen LogP contribution in [0.4, 0.5) is 5.69 Å². The summed E-state index contributed by atoms with van der Waals surface area (Å²) in [5.74, 6) is -1.70. The minimum absolute atomic E-state index is 0.0767. The average molecular weight is 283 g/mol. The first-order valence-electron chi connectivity index (χ1n) is 5.88. The van der Waals surface area contributed by atoms with Crippen molar-refractivity contribution < 1.29 is 19.6 Å². The molecule has 1 rings (SSSR count). The second kappa shape index (κ2) is 5.32. The molecule has 0 bridgehead atoms. The zero-order valence-corrected chi connectivity index (χ0v) is 11.8. The summed E-state index contributed by atoms with van der Waals surface area (Å²) < 4.78 is 1.32. The van der Waals surface area contributed by atoms with E-state index in [1.54, 1.807) is 20.8 Å². The van der Waals surface area contributed by atoms with Crippen LogP contribution in [0.5, 0.6) is 0 Å². The van der Waals surface area contributed by atoms with Gasteiger partial charge in [0.05, 0.1) is 11.1 Å². The zero-order chi connectivity index (χ0) is 15.7. The van der Waals surface area contributed by atoms with Crippen LogP contribution in [0.3, 0.4) is 0 Å². The third-order valence-electron chi connectivity index (χ3n) is 2.77. The van der Waals surface area contributed by atoms with Crippen LogP contribution in [0.25, 0.3) is 0 Å². The predicted octanol–water partition coefficient (Wildman–Crippen LogP) is 1.26. The van der Waals surface area contributed by atoms with Gasteiger partial charge in [0.15, 0.2) is 0 Å². The van der Waals surface area contributed by atoms with Gasteiger partial charge in [0.25, 0.3) is 11.6 Å². The number of nitro groups is 1. The number of carboxylic acid groups (broad SMARTS) is 1. The molecule has 0 aliphatic heterocycles. The SMILES string of the molecule is Cn1cc([N+](=O)[O-])cc1C(=O)N(CC(=O)O)C(C)(C)C. The lowest BCUT2D eigenvalue weighted by atomic mass is 10.1. The Hall–Kier alpha value is -2.38. The standard InChI is InChI=1S/C12H17N3O5/c1-12(2,3)14(7-10(16)17)11(18)9-5-8(15(19)20)6-13(9)4/h5-6H,7H2,1-4H3,(H,16,17). The van der Waals surface area contributed by atoms with Crippen molar-refractivity contribution in [2.75, 3.05) is 6.54 Å². The number of carboxylic acids is 1. The molecule has 0 saturated heterocycles. The lowest BCUT2D eigenvalue weighted by Gasteiger charge is -2.34. The Morgan fingerprint density at radius 3 is 2.35 bits per heavy atom. The van der Waals surface area contributed by atoms with E-state index in [9.17, 15) is 19.7 Å². The molecule has 1 heterocycles. The highest BCUT2D eigenvalue weighted by Crippen LogP contribution is 2.21. The molecule has 0 fully saturated rings. The number of carbonyl (C=O) groups is 2. The van der Waals surface area contributed by atoms with Gasteiger partial charge >= 0.3 is 5.97 Å². The van der Waals surface area contributed by atoms with Gasteiger partial charge in [-0.25, -0.2) is 0 Å². The number of nitrogens with zero attached hydrogens (tertiary/aromatic N) is 3. The Kier molecular flexibility index (Phi) is 4.17. The summed E-state index contributed by atoms with van der Waals surface area (Å²) >= 11 is 0. The van der Waals surface area contributed by atoms with Crippen molar-refractivity contribution >= 4 is 17.6 Å². The maximum Gasteiger partial charge on any atom is 0.323 e. The predicted molar refractivity (Wildman–Crippen MR) is 70.5 cm³/mol. The van der Waals surface area contributed by atoms with Gasteiger partial charge in [0.1, 0.15) is 12.2 Å². The molecule has 1 aromatic heterocycles. The molecule has 0 aromatic carbocycles. The van der Waals surface area contributed by atoms with Crippen molar-refractivity contribution in [1.82, 2.24) is 9.47 Å². The van der Waals surface area contributed by atoms with Crippen LogP contribution in [0.15, 0.2) is 12.3 Å². The maximum absolute atomic E-state index is 12.4. The molecule has 1 aromatic rings. The Morgan fingerprint density at radius 1 is 1.45 bits per heavy atom. The first-order valence-corrected chi connectivity index (χ1v) is 5.88. The zero-order valence-electron chi connectivity index (χ0n) is 11.8. The maximum atomic E-state index is 12.4. The second-order valence-corrected chi connectivity index (χ2v) is 5.41. The van der Waals surface area contributed by atoms with Crippen molar-refractivity contribution in [2.24, 2.45) is 7.05 Å². The third-order valence-corrected chi connectivity index (χ3v) is 2.77. The van der Waals surface area contributed by atoms with E-state index < -0.39 is 28.9 Å². The fraction of sp³-hybridized carbons (Fsp3) is 0.500. The third kappa shape index (κ3) is 3.34. The van der Waals surface area contributed by atoms with Crippen molar-refractivity contribution in [1.29, 1.82) is 0 Å². The van der Waals surface area contributed by atoms with E-state index in [1.165, 1.54) is 17.8 Å². The molecule has 8 heteroatoms. The Morgan fingerprint density at radius 2 is 2.00 bits per heavy atom. The largest absolute Gasteiger partial charge is 0.480 e. The van der Waals surface area contributed by atoms with Gasteiger partial charge in [-0.1, -0.05) is 0 Å². The van der Waals surface area contributed by atoms with E-state index >= 15 is 0 Å². The Labute approximate surface area is 115 Å². The van der Waals surface area contributed by atoms with E-state index in [2.05, 4.69) is 0 Å². The lowest BCUT2D eigenvalue weighted by molar-refractivity contribution is -0.384. The van der Waals surface area contributed by atoms with Gasteiger partial charge in [0, 0.05) is 18.7 Å². The van der Waals surface area contributed by atoms with E-state index in [1.807, 2.05) is 0 Å². The summed E-state index contributed by atoms with van der Waals surface area (Å²) in [7, 11) is 1.50. The van der Waals surface area contributed by atoms with Gasteiger partial charge in [0.2, 0.25) is 0 Å². The van der Waals surface area contributed by atoms with E-state index in [4.69, 9.17) is 5.11 Å². The van der Waals surface area contributed by atoms with Gasteiger partial charge in [-0.05, 0) is 20.8 Å². The van der Waals surface area contributed by atoms with Crippen molar-refractivity contribution in [3.05, 3.63) is 28.1 Å². The number of amides is 1. The van der Waals surface area contributed by atoms with E-state index in [-0.39, 0.29) is 11.4 Å². The number of aromatic nitrogens is 1. The van der Waals surface area contributed by atoms with Crippen molar-refractivity contribution in [2.45, 2.75) is 26.3 Å². The highest BCUT2D eigenvalue weighted by molar-refractivity contribution is 5.95. The van der Waals surface area contributed by atoms with Crippen LogP contribution in [0.2, 0.25) is 0 Å². The molecule has 1 amide bonds. The van der Waals surface area contributed by atoms with Crippen LogP contribution in [0, 0.1) is 10.1 Å². The first kappa shape index (κ1) is 15.7. The monoisotopic (exact) mass is 283 g/mol. The Bertz CT molecular complexity index is 556. The minimum Gasteiger partial charge on any atom is -0.480 e. The van der Waals surface area contributed by atoms with Gasteiger partial charge < -0.3 is 14.6 Å². The van der Waals surface area contributed by atoms with Crippen molar-refractivity contribution in [3.63, 3.8) is 0 Å². The molecule has 0 radical (unpaired) electrons. The minimum atomic E-state index is -1.14. The molecule has 110 valence electrons. The molecular weight excluding hydrogens is 266 g/mol. The number of rotatable bonds is 4. The fourth-order valence-corrected chi connectivity index (χ4v) is 1.75. The van der Waals surface area contributed by atoms with Crippen molar-refractivity contribution in [3.8, 4) is 0 Å². The first-order chi connectivity index (χ1) is 9.04. The molecule has 8 nitrogen and oxygen atoms in total. The molecule has 1 N–H and O–H groups in total. The van der Waals surface area contributed by atoms with E-state index in [0.29, 0.717) is 0 Å². The normalized spacial score (nSPS) is 11.2. The molecule has 0 unspecified atom stereocenters. The number of hydrogen-bond acceptors (Lipinski definition) is 4. The summed E-state index contributed by atoms with van der Waals surface area (Å²) in [4.78, 5) is 34.6. The summed E-state index contributed by atoms with van der Waals surface area (Å²) in [5, 5.41) is 19.6. The summed E-state index contributed by atoms with van der Waals surface area (Å²) in [6.07, 6.45) is 1.22. The molecular formula is C12H17N3O5. The topological polar surface area (TPSA) is 106 Å². The smallest absolute Gasteiger partial charge is 0.323 e. The molecule has 0 aliphatic carbocycles. The van der Waals surface area contributed by atoms with Gasteiger partial charge in [-0.3, -0.25) is 19.7 Å². The van der Waals surface area contributed by atoms with Gasteiger partial charge in [-0.15, -0.1) is 0 Å². The van der Waals surface area contributed by atoms with E-state index in [0.717, 1.165) is 11.0 Å². The lowest BCUT2D eigenvalue weighted by Crippen LogP contribution is -2.48.